The van der Waals surface area contributed by atoms with Crippen molar-refractivity contribution < 1.29 is 4.74 Å². The van der Waals surface area contributed by atoms with Crippen molar-refractivity contribution in [1.82, 2.24) is 15.0 Å². The molecule has 1 aliphatic rings. The van der Waals surface area contributed by atoms with Gasteiger partial charge in [-0.05, 0) is 31.9 Å². The summed E-state index contributed by atoms with van der Waals surface area (Å²) in [6.07, 6.45) is 5.87. The molecule has 1 aromatic carbocycles. The summed E-state index contributed by atoms with van der Waals surface area (Å²) in [6, 6.07) is 9.99. The van der Waals surface area contributed by atoms with Gasteiger partial charge in [-0.15, -0.1) is 5.10 Å². The van der Waals surface area contributed by atoms with E-state index in [1.807, 2.05) is 31.2 Å². The fourth-order valence-electron chi connectivity index (χ4n) is 3.20. The van der Waals surface area contributed by atoms with Gasteiger partial charge in [-0.25, -0.2) is 4.68 Å². The minimum atomic E-state index is 0.355. The van der Waals surface area contributed by atoms with E-state index in [-0.39, 0.29) is 0 Å². The van der Waals surface area contributed by atoms with Gasteiger partial charge in [-0.1, -0.05) is 36.6 Å². The molecule has 0 radical (unpaired) electrons. The Labute approximate surface area is 130 Å². The van der Waals surface area contributed by atoms with E-state index in [0.717, 1.165) is 30.0 Å². The van der Waals surface area contributed by atoms with E-state index in [4.69, 9.17) is 4.74 Å². The van der Waals surface area contributed by atoms with Crippen LogP contribution in [0.5, 0.6) is 5.75 Å². The van der Waals surface area contributed by atoms with E-state index in [9.17, 15) is 5.26 Å². The molecule has 0 atom stereocenters. The number of rotatable bonds is 4. The number of benzene rings is 1. The number of aromatic nitrogens is 3. The van der Waals surface area contributed by atoms with Crippen molar-refractivity contribution in [1.29, 1.82) is 5.26 Å². The lowest BCUT2D eigenvalue weighted by Crippen LogP contribution is -2.13. The third-order valence-corrected chi connectivity index (χ3v) is 4.20. The number of hydrogen-bond donors (Lipinski definition) is 0. The Balaban J connectivity index is 2.08. The minimum absolute atomic E-state index is 0.355. The number of nitrogens with zero attached hydrogens (tertiary/aromatic N) is 4. The summed E-state index contributed by atoms with van der Waals surface area (Å²) in [6.45, 7) is 2.55. The first-order valence-electron chi connectivity index (χ1n) is 7.93. The molecule has 1 aliphatic carbocycles. The van der Waals surface area contributed by atoms with Crippen molar-refractivity contribution in [3.05, 3.63) is 35.7 Å². The Morgan fingerprint density at radius 2 is 2.05 bits per heavy atom. The number of nitriles is 1. The van der Waals surface area contributed by atoms with E-state index in [2.05, 4.69) is 16.4 Å². The topological polar surface area (TPSA) is 63.7 Å². The quantitative estimate of drug-likeness (QED) is 0.865. The molecule has 1 heterocycles. The van der Waals surface area contributed by atoms with Gasteiger partial charge in [-0.2, -0.15) is 5.26 Å². The van der Waals surface area contributed by atoms with E-state index in [0.29, 0.717) is 18.2 Å². The highest BCUT2D eigenvalue weighted by molar-refractivity contribution is 5.48. The van der Waals surface area contributed by atoms with Crippen LogP contribution in [-0.2, 0) is 0 Å². The second kappa shape index (κ2) is 6.61. The van der Waals surface area contributed by atoms with Gasteiger partial charge in [0, 0.05) is 5.92 Å². The minimum Gasteiger partial charge on any atom is -0.492 e. The highest BCUT2D eigenvalue weighted by atomic mass is 16.5. The maximum atomic E-state index is 9.38. The Morgan fingerprint density at radius 1 is 1.27 bits per heavy atom. The first-order chi connectivity index (χ1) is 10.8. The second-order valence-corrected chi connectivity index (χ2v) is 5.58. The lowest BCUT2D eigenvalue weighted by atomic mass is 9.86. The lowest BCUT2D eigenvalue weighted by Gasteiger charge is -2.22. The molecular weight excluding hydrogens is 276 g/mol. The SMILES string of the molecule is CCOc1ccccc1-n1nnc(C#N)c1C1CCCCC1. The maximum Gasteiger partial charge on any atom is 0.186 e. The first kappa shape index (κ1) is 14.6. The second-order valence-electron chi connectivity index (χ2n) is 5.58. The molecule has 22 heavy (non-hydrogen) atoms. The van der Waals surface area contributed by atoms with E-state index >= 15 is 0 Å². The molecule has 1 saturated carbocycles. The highest BCUT2D eigenvalue weighted by Crippen LogP contribution is 2.36. The number of hydrogen-bond acceptors (Lipinski definition) is 4. The predicted molar refractivity (Wildman–Crippen MR) is 83.1 cm³/mol. The van der Waals surface area contributed by atoms with Crippen molar-refractivity contribution >= 4 is 0 Å². The molecule has 1 aromatic heterocycles. The van der Waals surface area contributed by atoms with E-state index in [1.54, 1.807) is 4.68 Å². The Bertz CT molecular complexity index is 680. The van der Waals surface area contributed by atoms with Crippen LogP contribution in [0.4, 0.5) is 0 Å². The van der Waals surface area contributed by atoms with Crippen LogP contribution in [0, 0.1) is 11.3 Å². The smallest absolute Gasteiger partial charge is 0.186 e. The largest absolute Gasteiger partial charge is 0.492 e. The van der Waals surface area contributed by atoms with Crippen LogP contribution < -0.4 is 4.74 Å². The average Bonchev–Trinajstić information content (AvgIpc) is 3.00. The molecule has 0 saturated heterocycles. The van der Waals surface area contributed by atoms with Gasteiger partial charge < -0.3 is 4.74 Å². The first-order valence-corrected chi connectivity index (χ1v) is 7.93. The predicted octanol–water partition coefficient (Wildman–Crippen LogP) is 3.59. The van der Waals surface area contributed by atoms with Crippen LogP contribution in [0.1, 0.15) is 56.3 Å². The van der Waals surface area contributed by atoms with Crippen molar-refractivity contribution in [3.63, 3.8) is 0 Å². The number of para-hydroxylation sites is 2. The fourth-order valence-corrected chi connectivity index (χ4v) is 3.20. The standard InChI is InChI=1S/C17H20N4O/c1-2-22-16-11-7-6-10-15(16)21-17(14(12-18)19-20-21)13-8-4-3-5-9-13/h6-7,10-11,13H,2-5,8-9H2,1H3. The zero-order valence-corrected chi connectivity index (χ0v) is 12.8. The van der Waals surface area contributed by atoms with Crippen molar-refractivity contribution in [3.8, 4) is 17.5 Å². The molecule has 0 unspecified atom stereocenters. The van der Waals surface area contributed by atoms with Crippen LogP contribution in [0.2, 0.25) is 0 Å². The van der Waals surface area contributed by atoms with Crippen LogP contribution in [0.25, 0.3) is 5.69 Å². The molecule has 0 aliphatic heterocycles. The Morgan fingerprint density at radius 3 is 2.77 bits per heavy atom. The van der Waals surface area contributed by atoms with Gasteiger partial charge in [0.1, 0.15) is 17.5 Å². The van der Waals surface area contributed by atoms with Gasteiger partial charge in [0.05, 0.1) is 12.3 Å². The molecule has 0 bridgehead atoms. The van der Waals surface area contributed by atoms with Crippen LogP contribution in [-0.4, -0.2) is 21.6 Å². The van der Waals surface area contributed by atoms with Crippen LogP contribution in [0.15, 0.2) is 24.3 Å². The van der Waals surface area contributed by atoms with Gasteiger partial charge in [-0.3, -0.25) is 0 Å². The molecule has 3 rings (SSSR count). The van der Waals surface area contributed by atoms with Crippen LogP contribution in [0.3, 0.4) is 0 Å². The van der Waals surface area contributed by atoms with Crippen molar-refractivity contribution in [2.45, 2.75) is 44.9 Å². The third-order valence-electron chi connectivity index (χ3n) is 4.20. The van der Waals surface area contributed by atoms with Gasteiger partial charge in [0.25, 0.3) is 0 Å². The molecular formula is C17H20N4O. The molecule has 0 N–H and O–H groups in total. The number of ether oxygens (including phenoxy) is 1. The van der Waals surface area contributed by atoms with Crippen molar-refractivity contribution in [2.24, 2.45) is 0 Å². The van der Waals surface area contributed by atoms with Gasteiger partial charge >= 0.3 is 0 Å². The zero-order valence-electron chi connectivity index (χ0n) is 12.8. The Hall–Kier alpha value is -2.35. The molecule has 114 valence electrons. The van der Waals surface area contributed by atoms with E-state index < -0.39 is 0 Å². The molecule has 5 nitrogen and oxygen atoms in total. The summed E-state index contributed by atoms with van der Waals surface area (Å²) >= 11 is 0. The summed E-state index contributed by atoms with van der Waals surface area (Å²) in [7, 11) is 0. The lowest BCUT2D eigenvalue weighted by molar-refractivity contribution is 0.337. The highest BCUT2D eigenvalue weighted by Gasteiger charge is 2.26. The molecule has 0 spiro atoms. The summed E-state index contributed by atoms with van der Waals surface area (Å²) in [5.41, 5.74) is 2.24. The van der Waals surface area contributed by atoms with Gasteiger partial charge in [0.2, 0.25) is 0 Å². The monoisotopic (exact) mass is 296 g/mol. The maximum absolute atomic E-state index is 9.38. The van der Waals surface area contributed by atoms with Crippen LogP contribution >= 0.6 is 0 Å². The molecule has 5 heteroatoms. The summed E-state index contributed by atoms with van der Waals surface area (Å²) in [5.74, 6) is 1.13. The van der Waals surface area contributed by atoms with Crippen molar-refractivity contribution in [2.75, 3.05) is 6.61 Å². The normalized spacial score (nSPS) is 15.5. The average molecular weight is 296 g/mol. The zero-order chi connectivity index (χ0) is 15.4. The molecule has 2 aromatic rings. The summed E-state index contributed by atoms with van der Waals surface area (Å²) in [4.78, 5) is 0. The summed E-state index contributed by atoms with van der Waals surface area (Å²) in [5, 5.41) is 17.7. The fraction of sp³-hybridized carbons (Fsp3) is 0.471. The Kier molecular flexibility index (Phi) is 4.38. The summed E-state index contributed by atoms with van der Waals surface area (Å²) < 4.78 is 7.51. The molecule has 1 fully saturated rings. The van der Waals surface area contributed by atoms with Gasteiger partial charge in [0.15, 0.2) is 5.69 Å². The molecule has 0 amide bonds. The third kappa shape index (κ3) is 2.69. The van der Waals surface area contributed by atoms with E-state index in [1.165, 1.54) is 19.3 Å².